The second kappa shape index (κ2) is 6.01. The van der Waals surface area contributed by atoms with E-state index < -0.39 is 0 Å². The van der Waals surface area contributed by atoms with Crippen molar-refractivity contribution in [1.82, 2.24) is 0 Å². The first-order valence-electron chi connectivity index (χ1n) is 8.67. The number of thiophene rings is 1. The summed E-state index contributed by atoms with van der Waals surface area (Å²) in [5.74, 6) is 0. The Morgan fingerprint density at radius 3 is 2.19 bits per heavy atom. The van der Waals surface area contributed by atoms with E-state index >= 15 is 0 Å². The summed E-state index contributed by atoms with van der Waals surface area (Å²) in [6.45, 7) is 0. The number of rotatable bonds is 2. The Kier molecular flexibility index (Phi) is 3.51. The van der Waals surface area contributed by atoms with Gasteiger partial charge >= 0.3 is 0 Å². The molecule has 124 valence electrons. The summed E-state index contributed by atoms with van der Waals surface area (Å²) in [4.78, 5) is 0. The molecule has 0 radical (unpaired) electrons. The Morgan fingerprint density at radius 2 is 1.35 bits per heavy atom. The molecule has 0 unspecified atom stereocenters. The van der Waals surface area contributed by atoms with Crippen LogP contribution in [0.1, 0.15) is 0 Å². The van der Waals surface area contributed by atoms with Crippen LogP contribution in [-0.2, 0) is 0 Å². The molecular weight excluding hydrogens is 334 g/mol. The molecule has 5 rings (SSSR count). The largest absolute Gasteiger partial charge is 0.398 e. The zero-order valence-electron chi connectivity index (χ0n) is 14.1. The number of hydrogen-bond acceptors (Lipinski definition) is 2. The molecule has 1 heterocycles. The molecule has 0 fully saturated rings. The van der Waals surface area contributed by atoms with Crippen molar-refractivity contribution in [3.63, 3.8) is 0 Å². The third kappa shape index (κ3) is 2.39. The highest BCUT2D eigenvalue weighted by atomic mass is 32.1. The normalized spacial score (nSPS) is 11.2. The van der Waals surface area contributed by atoms with Gasteiger partial charge in [0.2, 0.25) is 0 Å². The van der Waals surface area contributed by atoms with E-state index in [0.29, 0.717) is 0 Å². The molecule has 1 aromatic heterocycles. The molecule has 0 aliphatic rings. The van der Waals surface area contributed by atoms with E-state index in [0.717, 1.165) is 16.8 Å². The van der Waals surface area contributed by atoms with Crippen LogP contribution in [0.2, 0.25) is 0 Å². The summed E-state index contributed by atoms with van der Waals surface area (Å²) in [7, 11) is 0. The van der Waals surface area contributed by atoms with Gasteiger partial charge in [-0.2, -0.15) is 0 Å². The summed E-state index contributed by atoms with van der Waals surface area (Å²) in [6, 6.07) is 31.8. The predicted octanol–water partition coefficient (Wildman–Crippen LogP) is 6.97. The number of fused-ring (bicyclic) bond motifs is 3. The van der Waals surface area contributed by atoms with E-state index in [1.807, 2.05) is 29.5 Å². The molecule has 0 saturated carbocycles. The van der Waals surface area contributed by atoms with E-state index in [1.54, 1.807) is 0 Å². The van der Waals surface area contributed by atoms with Crippen LogP contribution in [0.4, 0.5) is 5.69 Å². The first kappa shape index (κ1) is 15.2. The molecule has 2 N–H and O–H groups in total. The number of hydrogen-bond donors (Lipinski definition) is 1. The number of nitrogens with two attached hydrogens (primary N) is 1. The minimum absolute atomic E-state index is 0.812. The van der Waals surface area contributed by atoms with Crippen molar-refractivity contribution >= 4 is 37.2 Å². The van der Waals surface area contributed by atoms with Gasteiger partial charge < -0.3 is 5.73 Å². The lowest BCUT2D eigenvalue weighted by Crippen LogP contribution is -1.91. The van der Waals surface area contributed by atoms with Crippen LogP contribution in [0.3, 0.4) is 0 Å². The monoisotopic (exact) mass is 351 g/mol. The molecule has 0 saturated heterocycles. The topological polar surface area (TPSA) is 26.0 Å². The predicted molar refractivity (Wildman–Crippen MR) is 115 cm³/mol. The Balaban J connectivity index is 1.70. The maximum absolute atomic E-state index is 6.41. The third-order valence-corrected chi connectivity index (χ3v) is 6.07. The van der Waals surface area contributed by atoms with E-state index in [2.05, 4.69) is 72.8 Å². The molecule has 0 amide bonds. The van der Waals surface area contributed by atoms with Crippen LogP contribution < -0.4 is 5.73 Å². The number of anilines is 1. The lowest BCUT2D eigenvalue weighted by atomic mass is 9.97. The average molecular weight is 351 g/mol. The molecular formula is C24H17NS. The van der Waals surface area contributed by atoms with Gasteiger partial charge in [-0.1, -0.05) is 78.9 Å². The average Bonchev–Trinajstić information content (AvgIpc) is 3.07. The van der Waals surface area contributed by atoms with E-state index in [4.69, 9.17) is 5.73 Å². The maximum Gasteiger partial charge on any atom is 0.0433 e. The molecule has 0 bridgehead atoms. The summed E-state index contributed by atoms with van der Waals surface area (Å²) in [6.07, 6.45) is 0. The number of benzene rings is 4. The first-order chi connectivity index (χ1) is 12.8. The van der Waals surface area contributed by atoms with E-state index in [9.17, 15) is 0 Å². The standard InChI is InChI=1S/C24H17NS/c25-22-15-17(13-14-18(22)16-7-2-1-3-8-16)19-10-6-11-21-20-9-4-5-12-23(20)26-24(19)21/h1-15H,25H2. The fourth-order valence-corrected chi connectivity index (χ4v) is 4.82. The van der Waals surface area contributed by atoms with Crippen molar-refractivity contribution < 1.29 is 0 Å². The Morgan fingerprint density at radius 1 is 0.577 bits per heavy atom. The van der Waals surface area contributed by atoms with Crippen LogP contribution in [0, 0.1) is 0 Å². The fraction of sp³-hybridized carbons (Fsp3) is 0. The van der Waals surface area contributed by atoms with Crippen LogP contribution in [0.25, 0.3) is 42.4 Å². The summed E-state index contributed by atoms with van der Waals surface area (Å²) < 4.78 is 2.64. The second-order valence-corrected chi connectivity index (χ2v) is 7.50. The number of nitrogen functional groups attached to an aromatic ring is 1. The zero-order valence-corrected chi connectivity index (χ0v) is 15.0. The zero-order chi connectivity index (χ0) is 17.5. The minimum atomic E-state index is 0.812. The van der Waals surface area contributed by atoms with Crippen molar-refractivity contribution in [2.45, 2.75) is 0 Å². The SMILES string of the molecule is Nc1cc(-c2cccc3c2sc2ccccc23)ccc1-c1ccccc1. The fourth-order valence-electron chi connectivity index (χ4n) is 3.59. The van der Waals surface area contributed by atoms with Gasteiger partial charge in [0.15, 0.2) is 0 Å². The second-order valence-electron chi connectivity index (χ2n) is 6.45. The minimum Gasteiger partial charge on any atom is -0.398 e. The molecule has 0 aliphatic carbocycles. The Bertz CT molecular complexity index is 1240. The van der Waals surface area contributed by atoms with Gasteiger partial charge in [0.1, 0.15) is 0 Å². The van der Waals surface area contributed by atoms with E-state index in [-0.39, 0.29) is 0 Å². The van der Waals surface area contributed by atoms with Crippen molar-refractivity contribution in [2.75, 3.05) is 5.73 Å². The molecule has 5 aromatic rings. The summed E-state index contributed by atoms with van der Waals surface area (Å²) in [5.41, 5.74) is 11.9. The Labute approximate surface area is 156 Å². The highest BCUT2D eigenvalue weighted by Crippen LogP contribution is 2.40. The van der Waals surface area contributed by atoms with Gasteiger partial charge in [-0.05, 0) is 28.8 Å². The lowest BCUT2D eigenvalue weighted by molar-refractivity contribution is 1.60. The summed E-state index contributed by atoms with van der Waals surface area (Å²) >= 11 is 1.85. The molecule has 26 heavy (non-hydrogen) atoms. The van der Waals surface area contributed by atoms with Crippen LogP contribution in [-0.4, -0.2) is 0 Å². The Hall–Kier alpha value is -3.10. The van der Waals surface area contributed by atoms with Crippen LogP contribution in [0.5, 0.6) is 0 Å². The quantitative estimate of drug-likeness (QED) is 0.341. The smallest absolute Gasteiger partial charge is 0.0433 e. The molecule has 4 aromatic carbocycles. The van der Waals surface area contributed by atoms with Crippen LogP contribution >= 0.6 is 11.3 Å². The van der Waals surface area contributed by atoms with Gasteiger partial charge in [0, 0.05) is 31.4 Å². The van der Waals surface area contributed by atoms with Crippen molar-refractivity contribution in [3.05, 3.63) is 91.0 Å². The van der Waals surface area contributed by atoms with Crippen molar-refractivity contribution in [2.24, 2.45) is 0 Å². The highest BCUT2D eigenvalue weighted by molar-refractivity contribution is 7.26. The summed E-state index contributed by atoms with van der Waals surface area (Å²) in [5, 5.41) is 2.64. The lowest BCUT2D eigenvalue weighted by Gasteiger charge is -2.10. The van der Waals surface area contributed by atoms with Gasteiger partial charge in [-0.15, -0.1) is 11.3 Å². The molecule has 2 heteroatoms. The third-order valence-electron chi connectivity index (χ3n) is 4.85. The first-order valence-corrected chi connectivity index (χ1v) is 9.48. The highest BCUT2D eigenvalue weighted by Gasteiger charge is 2.11. The molecule has 0 spiro atoms. The van der Waals surface area contributed by atoms with Gasteiger partial charge in [0.25, 0.3) is 0 Å². The maximum atomic E-state index is 6.41. The van der Waals surface area contributed by atoms with Crippen molar-refractivity contribution in [3.8, 4) is 22.3 Å². The van der Waals surface area contributed by atoms with Crippen LogP contribution in [0.15, 0.2) is 91.0 Å². The van der Waals surface area contributed by atoms with Crippen molar-refractivity contribution in [1.29, 1.82) is 0 Å². The van der Waals surface area contributed by atoms with Gasteiger partial charge in [-0.3, -0.25) is 0 Å². The van der Waals surface area contributed by atoms with E-state index in [1.165, 1.54) is 31.3 Å². The molecule has 0 aliphatic heterocycles. The van der Waals surface area contributed by atoms with Gasteiger partial charge in [-0.25, -0.2) is 0 Å². The van der Waals surface area contributed by atoms with Gasteiger partial charge in [0.05, 0.1) is 0 Å². The molecule has 1 nitrogen and oxygen atoms in total. The molecule has 0 atom stereocenters.